The molecule has 0 aliphatic heterocycles. The fourth-order valence-electron chi connectivity index (χ4n) is 2.22. The summed E-state index contributed by atoms with van der Waals surface area (Å²) in [5.41, 5.74) is -0.407. The summed E-state index contributed by atoms with van der Waals surface area (Å²) in [6, 6.07) is 0. The molecule has 0 radical (unpaired) electrons. The van der Waals surface area contributed by atoms with Crippen molar-refractivity contribution in [2.75, 3.05) is 19.8 Å². The van der Waals surface area contributed by atoms with Gasteiger partial charge in [-0.15, -0.1) is 0 Å². The van der Waals surface area contributed by atoms with Gasteiger partial charge in [0.25, 0.3) is 0 Å². The average molecular weight is 302 g/mol. The first-order chi connectivity index (χ1) is 9.71. The van der Waals surface area contributed by atoms with E-state index >= 15 is 0 Å². The number of hydrogen-bond donors (Lipinski definition) is 2. The summed E-state index contributed by atoms with van der Waals surface area (Å²) in [5, 5.41) is 18.0. The topological polar surface area (TPSA) is 66.8 Å². The summed E-state index contributed by atoms with van der Waals surface area (Å²) < 4.78 is 5.59. The summed E-state index contributed by atoms with van der Waals surface area (Å²) in [7, 11) is 0. The van der Waals surface area contributed by atoms with Gasteiger partial charge in [-0.05, 0) is 51.4 Å². The maximum Gasteiger partial charge on any atom is 0.309 e. The molecular weight excluding hydrogens is 268 g/mol. The Kier molecular flexibility index (Phi) is 9.88. The van der Waals surface area contributed by atoms with Crippen molar-refractivity contribution in [3.05, 3.63) is 0 Å². The van der Waals surface area contributed by atoms with Crippen LogP contribution in [0.5, 0.6) is 0 Å². The number of carboxylic acid groups (broad SMARTS) is 1. The lowest BCUT2D eigenvalue weighted by atomic mass is 9.84. The van der Waals surface area contributed by atoms with Gasteiger partial charge in [-0.25, -0.2) is 0 Å². The summed E-state index contributed by atoms with van der Waals surface area (Å²) in [5.74, 6) is -0.728. The molecule has 0 spiro atoms. The second-order valence-electron chi connectivity index (χ2n) is 7.35. The summed E-state index contributed by atoms with van der Waals surface area (Å²) >= 11 is 0. The van der Waals surface area contributed by atoms with Crippen LogP contribution in [0.15, 0.2) is 0 Å². The fourth-order valence-corrected chi connectivity index (χ4v) is 2.22. The van der Waals surface area contributed by atoms with Crippen LogP contribution in [0, 0.1) is 10.8 Å². The lowest BCUT2D eigenvalue weighted by Gasteiger charge is -2.23. The van der Waals surface area contributed by atoms with Crippen LogP contribution in [0.2, 0.25) is 0 Å². The number of unbranched alkanes of at least 4 members (excludes halogenated alkanes) is 2. The Balaban J connectivity index is 3.44. The first kappa shape index (κ1) is 20.4. The predicted octanol–water partition coefficient (Wildman–Crippen LogP) is 3.86. The predicted molar refractivity (Wildman–Crippen MR) is 85.4 cm³/mol. The Morgan fingerprint density at radius 3 is 1.90 bits per heavy atom. The average Bonchev–Trinajstić information content (AvgIpc) is 2.36. The van der Waals surface area contributed by atoms with Crippen molar-refractivity contribution in [2.24, 2.45) is 10.8 Å². The summed E-state index contributed by atoms with van der Waals surface area (Å²) in [6.07, 6.45) is 6.65. The minimum atomic E-state index is -0.728. The van der Waals surface area contributed by atoms with Crippen LogP contribution in [0.3, 0.4) is 0 Å². The maximum atomic E-state index is 10.9. The molecule has 21 heavy (non-hydrogen) atoms. The van der Waals surface area contributed by atoms with Gasteiger partial charge in [-0.3, -0.25) is 4.79 Å². The van der Waals surface area contributed by atoms with Crippen molar-refractivity contribution in [2.45, 2.75) is 72.6 Å². The maximum absolute atomic E-state index is 10.9. The molecule has 0 heterocycles. The molecule has 126 valence electrons. The largest absolute Gasteiger partial charge is 0.481 e. The van der Waals surface area contributed by atoms with Crippen LogP contribution in [-0.2, 0) is 9.53 Å². The Morgan fingerprint density at radius 1 is 0.905 bits per heavy atom. The number of aliphatic hydroxyl groups excluding tert-OH is 1. The van der Waals surface area contributed by atoms with E-state index in [2.05, 4.69) is 13.8 Å². The lowest BCUT2D eigenvalue weighted by molar-refractivity contribution is -0.147. The van der Waals surface area contributed by atoms with Gasteiger partial charge in [-0.2, -0.15) is 0 Å². The van der Waals surface area contributed by atoms with E-state index in [4.69, 9.17) is 14.9 Å². The van der Waals surface area contributed by atoms with E-state index in [-0.39, 0.29) is 12.0 Å². The van der Waals surface area contributed by atoms with Crippen molar-refractivity contribution in [3.8, 4) is 0 Å². The fraction of sp³-hybridized carbons (Fsp3) is 0.941. The first-order valence-corrected chi connectivity index (χ1v) is 8.13. The van der Waals surface area contributed by atoms with Crippen molar-refractivity contribution < 1.29 is 19.7 Å². The van der Waals surface area contributed by atoms with Gasteiger partial charge in [0, 0.05) is 19.8 Å². The molecule has 0 aliphatic rings. The van der Waals surface area contributed by atoms with Gasteiger partial charge in [0.1, 0.15) is 0 Å². The SMILES string of the molecule is CC(C)(CCO)CCCCOCCCCC(C)(C)C(=O)O. The molecule has 2 N–H and O–H groups in total. The highest BCUT2D eigenvalue weighted by molar-refractivity contribution is 5.73. The Bertz CT molecular complexity index is 285. The highest BCUT2D eigenvalue weighted by atomic mass is 16.5. The molecule has 0 aliphatic carbocycles. The van der Waals surface area contributed by atoms with E-state index in [0.717, 1.165) is 51.7 Å². The van der Waals surface area contributed by atoms with Gasteiger partial charge in [0.2, 0.25) is 0 Å². The van der Waals surface area contributed by atoms with Crippen LogP contribution >= 0.6 is 0 Å². The molecule has 4 heteroatoms. The number of hydrogen-bond acceptors (Lipinski definition) is 3. The number of rotatable bonds is 13. The molecule has 0 aromatic heterocycles. The van der Waals surface area contributed by atoms with Crippen LogP contribution in [0.4, 0.5) is 0 Å². The molecular formula is C17H34O4. The normalized spacial score (nSPS) is 12.6. The number of ether oxygens (including phenoxy) is 1. The van der Waals surface area contributed by atoms with Crippen molar-refractivity contribution in [3.63, 3.8) is 0 Å². The molecule has 0 bridgehead atoms. The van der Waals surface area contributed by atoms with Gasteiger partial charge in [0.15, 0.2) is 0 Å². The zero-order valence-corrected chi connectivity index (χ0v) is 14.3. The zero-order chi connectivity index (χ0) is 16.4. The van der Waals surface area contributed by atoms with Crippen LogP contribution in [-0.4, -0.2) is 36.0 Å². The minimum Gasteiger partial charge on any atom is -0.481 e. The van der Waals surface area contributed by atoms with Crippen molar-refractivity contribution in [1.29, 1.82) is 0 Å². The third-order valence-corrected chi connectivity index (χ3v) is 4.10. The molecule has 0 saturated carbocycles. The first-order valence-electron chi connectivity index (χ1n) is 8.13. The van der Waals surface area contributed by atoms with Crippen LogP contribution in [0.25, 0.3) is 0 Å². The highest BCUT2D eigenvalue weighted by Crippen LogP contribution is 2.27. The summed E-state index contributed by atoms with van der Waals surface area (Å²) in [6.45, 7) is 9.67. The van der Waals surface area contributed by atoms with Crippen LogP contribution < -0.4 is 0 Å². The van der Waals surface area contributed by atoms with Crippen molar-refractivity contribution >= 4 is 5.97 Å². The zero-order valence-electron chi connectivity index (χ0n) is 14.3. The third-order valence-electron chi connectivity index (χ3n) is 4.10. The Labute approximate surface area is 129 Å². The lowest BCUT2D eigenvalue weighted by Crippen LogP contribution is -2.23. The molecule has 4 nitrogen and oxygen atoms in total. The quantitative estimate of drug-likeness (QED) is 0.507. The Hall–Kier alpha value is -0.610. The molecule has 0 fully saturated rings. The standard InChI is InChI=1S/C17H34O4/c1-16(2,11-12-18)9-5-7-13-21-14-8-6-10-17(3,4)15(19)20/h18H,5-14H2,1-4H3,(H,19,20). The molecule has 0 aromatic carbocycles. The van der Waals surface area contributed by atoms with E-state index in [1.165, 1.54) is 0 Å². The van der Waals surface area contributed by atoms with Gasteiger partial charge in [0.05, 0.1) is 5.41 Å². The second kappa shape index (κ2) is 10.2. The van der Waals surface area contributed by atoms with E-state index in [1.54, 1.807) is 13.8 Å². The van der Waals surface area contributed by atoms with Gasteiger partial charge < -0.3 is 14.9 Å². The molecule has 0 amide bonds. The van der Waals surface area contributed by atoms with E-state index in [0.29, 0.717) is 6.42 Å². The summed E-state index contributed by atoms with van der Waals surface area (Å²) in [4.78, 5) is 10.9. The van der Waals surface area contributed by atoms with Gasteiger partial charge in [-0.1, -0.05) is 26.7 Å². The second-order valence-corrected chi connectivity index (χ2v) is 7.35. The van der Waals surface area contributed by atoms with Crippen molar-refractivity contribution in [1.82, 2.24) is 0 Å². The van der Waals surface area contributed by atoms with E-state index in [9.17, 15) is 4.79 Å². The molecule has 0 unspecified atom stereocenters. The number of carbonyl (C=O) groups is 1. The molecule has 0 saturated heterocycles. The van der Waals surface area contributed by atoms with E-state index in [1.807, 2.05) is 0 Å². The number of aliphatic carboxylic acids is 1. The molecule has 0 aromatic rings. The third kappa shape index (κ3) is 10.7. The monoisotopic (exact) mass is 302 g/mol. The van der Waals surface area contributed by atoms with Crippen LogP contribution in [0.1, 0.15) is 72.6 Å². The molecule has 0 rings (SSSR count). The molecule has 0 atom stereocenters. The smallest absolute Gasteiger partial charge is 0.309 e. The number of aliphatic hydroxyl groups is 1. The number of carboxylic acids is 1. The van der Waals surface area contributed by atoms with Gasteiger partial charge >= 0.3 is 5.97 Å². The highest BCUT2D eigenvalue weighted by Gasteiger charge is 2.25. The van der Waals surface area contributed by atoms with E-state index < -0.39 is 11.4 Å². The Morgan fingerprint density at radius 2 is 1.43 bits per heavy atom. The minimum absolute atomic E-state index is 0.219.